The topological polar surface area (TPSA) is 102 Å². The number of nitrogens with one attached hydrogen (secondary N) is 2. The predicted molar refractivity (Wildman–Crippen MR) is 95.5 cm³/mol. The van der Waals surface area contributed by atoms with Crippen LogP contribution in [-0.4, -0.2) is 59.8 Å². The summed E-state index contributed by atoms with van der Waals surface area (Å²) in [6.07, 6.45) is 5.90. The molecular formula is C17H19F3N8O. The Hall–Kier alpha value is -3.02. The quantitative estimate of drug-likeness (QED) is 0.664. The van der Waals surface area contributed by atoms with Crippen LogP contribution in [0.1, 0.15) is 36.2 Å². The second-order valence-electron chi connectivity index (χ2n) is 6.96. The third-order valence-electron chi connectivity index (χ3n) is 4.89. The van der Waals surface area contributed by atoms with Gasteiger partial charge in [0, 0.05) is 24.5 Å². The number of carbonyl (C=O) groups is 1. The first-order chi connectivity index (χ1) is 13.9. The van der Waals surface area contributed by atoms with Gasteiger partial charge < -0.3 is 10.6 Å². The molecule has 1 aliphatic carbocycles. The van der Waals surface area contributed by atoms with Crippen LogP contribution in [0.25, 0.3) is 11.5 Å². The van der Waals surface area contributed by atoms with Gasteiger partial charge in [0.1, 0.15) is 12.7 Å². The predicted octanol–water partition coefficient (Wildman–Crippen LogP) is 1.50. The lowest BCUT2D eigenvalue weighted by atomic mass is 9.91. The SMILES string of the molecule is O=C(NC1CCC(NCC(F)(F)F)CC1)c1nc(-n2ccnc2)cn2ncnc12. The fourth-order valence-electron chi connectivity index (χ4n) is 3.44. The van der Waals surface area contributed by atoms with Crippen molar-refractivity contribution in [3.05, 3.63) is 36.9 Å². The number of imidazole rings is 1. The Morgan fingerprint density at radius 2 is 1.97 bits per heavy atom. The summed E-state index contributed by atoms with van der Waals surface area (Å²) in [5.41, 5.74) is 0.456. The first-order valence-electron chi connectivity index (χ1n) is 9.19. The smallest absolute Gasteiger partial charge is 0.348 e. The summed E-state index contributed by atoms with van der Waals surface area (Å²) in [6.45, 7) is -0.996. The highest BCUT2D eigenvalue weighted by Gasteiger charge is 2.30. The van der Waals surface area contributed by atoms with Crippen LogP contribution >= 0.6 is 0 Å². The fourth-order valence-corrected chi connectivity index (χ4v) is 3.44. The van der Waals surface area contributed by atoms with Crippen molar-refractivity contribution in [2.24, 2.45) is 0 Å². The van der Waals surface area contributed by atoms with Crippen LogP contribution < -0.4 is 10.6 Å². The number of hydrogen-bond donors (Lipinski definition) is 2. The average molecular weight is 408 g/mol. The maximum Gasteiger partial charge on any atom is 0.401 e. The van der Waals surface area contributed by atoms with E-state index in [1.807, 2.05) is 0 Å². The molecule has 0 aliphatic heterocycles. The summed E-state index contributed by atoms with van der Waals surface area (Å²) in [7, 11) is 0. The van der Waals surface area contributed by atoms with Gasteiger partial charge in [0.05, 0.1) is 12.7 Å². The molecule has 29 heavy (non-hydrogen) atoms. The van der Waals surface area contributed by atoms with E-state index in [-0.39, 0.29) is 17.8 Å². The molecule has 0 bridgehead atoms. The zero-order valence-electron chi connectivity index (χ0n) is 15.3. The Balaban J connectivity index is 1.43. The van der Waals surface area contributed by atoms with E-state index in [1.54, 1.807) is 29.5 Å². The highest BCUT2D eigenvalue weighted by Crippen LogP contribution is 2.21. The van der Waals surface area contributed by atoms with Gasteiger partial charge in [-0.05, 0) is 25.7 Å². The third kappa shape index (κ3) is 4.53. The summed E-state index contributed by atoms with van der Waals surface area (Å²) in [6, 6.07) is -0.330. The van der Waals surface area contributed by atoms with Crippen LogP contribution in [-0.2, 0) is 0 Å². The van der Waals surface area contributed by atoms with Crippen LogP contribution in [0.5, 0.6) is 0 Å². The zero-order chi connectivity index (χ0) is 20.4. The summed E-state index contributed by atoms with van der Waals surface area (Å²) in [5, 5.41) is 9.54. The molecule has 4 rings (SSSR count). The molecule has 154 valence electrons. The summed E-state index contributed by atoms with van der Waals surface area (Å²) < 4.78 is 40.1. The first kappa shape index (κ1) is 19.3. The van der Waals surface area contributed by atoms with E-state index in [2.05, 4.69) is 30.7 Å². The minimum atomic E-state index is -4.22. The van der Waals surface area contributed by atoms with Gasteiger partial charge in [-0.15, -0.1) is 0 Å². The molecule has 0 radical (unpaired) electrons. The number of rotatable bonds is 5. The lowest BCUT2D eigenvalue weighted by molar-refractivity contribution is -0.126. The summed E-state index contributed by atoms with van der Waals surface area (Å²) in [5.74, 6) is 0.0716. The number of alkyl halides is 3. The van der Waals surface area contributed by atoms with Crippen molar-refractivity contribution < 1.29 is 18.0 Å². The lowest BCUT2D eigenvalue weighted by Gasteiger charge is -2.30. The highest BCUT2D eigenvalue weighted by molar-refractivity contribution is 5.98. The van der Waals surface area contributed by atoms with E-state index in [1.165, 1.54) is 10.8 Å². The molecule has 9 nitrogen and oxygen atoms in total. The summed E-state index contributed by atoms with van der Waals surface area (Å²) in [4.78, 5) is 25.3. The van der Waals surface area contributed by atoms with Gasteiger partial charge in [0.2, 0.25) is 0 Å². The van der Waals surface area contributed by atoms with Gasteiger partial charge in [-0.25, -0.2) is 19.5 Å². The Labute approximate surface area is 163 Å². The van der Waals surface area contributed by atoms with Crippen molar-refractivity contribution in [2.75, 3.05) is 6.54 Å². The van der Waals surface area contributed by atoms with E-state index in [0.717, 1.165) is 0 Å². The molecule has 0 aromatic carbocycles. The van der Waals surface area contributed by atoms with E-state index in [9.17, 15) is 18.0 Å². The van der Waals surface area contributed by atoms with Gasteiger partial charge in [0.25, 0.3) is 5.91 Å². The molecule has 0 atom stereocenters. The molecule has 1 amide bonds. The Morgan fingerprint density at radius 3 is 2.66 bits per heavy atom. The Kier molecular flexibility index (Phi) is 5.18. The molecular weight excluding hydrogens is 389 g/mol. The molecule has 3 aromatic rings. The molecule has 0 saturated heterocycles. The van der Waals surface area contributed by atoms with Crippen LogP contribution in [0.15, 0.2) is 31.2 Å². The van der Waals surface area contributed by atoms with Gasteiger partial charge in [-0.3, -0.25) is 9.36 Å². The maximum atomic E-state index is 12.8. The highest BCUT2D eigenvalue weighted by atomic mass is 19.4. The number of fused-ring (bicyclic) bond motifs is 1. The Morgan fingerprint density at radius 1 is 1.21 bits per heavy atom. The third-order valence-corrected chi connectivity index (χ3v) is 4.89. The molecule has 1 saturated carbocycles. The van der Waals surface area contributed by atoms with Crippen LogP contribution in [0, 0.1) is 0 Å². The molecule has 3 heterocycles. The monoisotopic (exact) mass is 408 g/mol. The maximum absolute atomic E-state index is 12.8. The second kappa shape index (κ2) is 7.78. The van der Waals surface area contributed by atoms with Crippen LogP contribution in [0.3, 0.4) is 0 Å². The van der Waals surface area contributed by atoms with Gasteiger partial charge in [-0.1, -0.05) is 0 Å². The first-order valence-corrected chi connectivity index (χ1v) is 9.19. The lowest BCUT2D eigenvalue weighted by Crippen LogP contribution is -2.44. The molecule has 2 N–H and O–H groups in total. The van der Waals surface area contributed by atoms with Crippen molar-refractivity contribution in [1.82, 2.24) is 39.8 Å². The molecule has 12 heteroatoms. The molecule has 0 unspecified atom stereocenters. The number of amides is 1. The van der Waals surface area contributed by atoms with Gasteiger partial charge in [0.15, 0.2) is 17.2 Å². The second-order valence-corrected chi connectivity index (χ2v) is 6.96. The normalized spacial score (nSPS) is 20.1. The van der Waals surface area contributed by atoms with Crippen molar-refractivity contribution >= 4 is 11.6 Å². The molecule has 3 aromatic heterocycles. The van der Waals surface area contributed by atoms with Crippen molar-refractivity contribution in [3.63, 3.8) is 0 Å². The number of nitrogens with zero attached hydrogens (tertiary/aromatic N) is 6. The van der Waals surface area contributed by atoms with E-state index < -0.39 is 18.6 Å². The van der Waals surface area contributed by atoms with Crippen molar-refractivity contribution in [3.8, 4) is 5.82 Å². The van der Waals surface area contributed by atoms with Crippen LogP contribution in [0.2, 0.25) is 0 Å². The standard InChI is InChI=1S/C17H19F3N8O/c18-17(19,20)8-22-11-1-3-12(4-2-11)25-16(29)14-15-23-9-24-28(15)7-13(26-14)27-6-5-21-10-27/h5-7,9-12,22H,1-4,8H2,(H,25,29). The Bertz CT molecular complexity index is 976. The number of halogens is 3. The van der Waals surface area contributed by atoms with Crippen molar-refractivity contribution in [2.45, 2.75) is 43.9 Å². The largest absolute Gasteiger partial charge is 0.401 e. The number of carbonyl (C=O) groups excluding carboxylic acids is 1. The van der Waals surface area contributed by atoms with E-state index >= 15 is 0 Å². The van der Waals surface area contributed by atoms with Gasteiger partial charge >= 0.3 is 6.18 Å². The van der Waals surface area contributed by atoms with Crippen LogP contribution in [0.4, 0.5) is 13.2 Å². The average Bonchev–Trinajstić information content (AvgIpc) is 3.37. The number of aromatic nitrogens is 6. The summed E-state index contributed by atoms with van der Waals surface area (Å²) >= 11 is 0. The minimum Gasteiger partial charge on any atom is -0.348 e. The fraction of sp³-hybridized carbons (Fsp3) is 0.471. The number of hydrogen-bond acceptors (Lipinski definition) is 6. The molecule has 1 aliphatic rings. The van der Waals surface area contributed by atoms with Crippen molar-refractivity contribution in [1.29, 1.82) is 0 Å². The van der Waals surface area contributed by atoms with E-state index in [4.69, 9.17) is 0 Å². The van der Waals surface area contributed by atoms with E-state index in [0.29, 0.717) is 37.1 Å². The van der Waals surface area contributed by atoms with Gasteiger partial charge in [-0.2, -0.15) is 18.3 Å². The molecule has 1 fully saturated rings. The zero-order valence-corrected chi connectivity index (χ0v) is 15.3. The minimum absolute atomic E-state index is 0.131. The molecule has 0 spiro atoms.